The normalized spacial score (nSPS) is 10.5. The summed E-state index contributed by atoms with van der Waals surface area (Å²) in [6.45, 7) is 0. The van der Waals surface area contributed by atoms with Crippen molar-refractivity contribution in [3.05, 3.63) is 34.6 Å². The molecule has 1 rings (SSSR count). The lowest BCUT2D eigenvalue weighted by Gasteiger charge is -2.04. The molecule has 0 saturated carbocycles. The van der Waals surface area contributed by atoms with Gasteiger partial charge in [-0.1, -0.05) is 0 Å². The van der Waals surface area contributed by atoms with Crippen LogP contribution in [0, 0.1) is 0 Å². The van der Waals surface area contributed by atoms with Crippen LogP contribution in [0.5, 0.6) is 0 Å². The summed E-state index contributed by atoms with van der Waals surface area (Å²) in [4.78, 5) is 16.7. The number of carbonyl (C=O) groups excluding carboxylic acids is 1. The number of pyridine rings is 1. The van der Waals surface area contributed by atoms with E-state index in [1.165, 1.54) is 11.0 Å². The molecule has 0 N–H and O–H groups in total. The van der Waals surface area contributed by atoms with E-state index in [1.54, 1.807) is 32.6 Å². The maximum absolute atomic E-state index is 11.2. The quantitative estimate of drug-likeness (QED) is 0.757. The van der Waals surface area contributed by atoms with Gasteiger partial charge in [0.25, 0.3) is 0 Å². The zero-order valence-electron chi connectivity index (χ0n) is 8.07. The van der Waals surface area contributed by atoms with Gasteiger partial charge in [0, 0.05) is 37.0 Å². The molecule has 0 aliphatic carbocycles. The molecule has 1 aromatic rings. The highest BCUT2D eigenvalue weighted by molar-refractivity contribution is 9.10. The second-order valence-corrected chi connectivity index (χ2v) is 3.92. The van der Waals surface area contributed by atoms with E-state index >= 15 is 0 Å². The van der Waals surface area contributed by atoms with Crippen molar-refractivity contribution in [2.45, 2.75) is 0 Å². The van der Waals surface area contributed by atoms with Crippen LogP contribution in [0.3, 0.4) is 0 Å². The summed E-state index contributed by atoms with van der Waals surface area (Å²) in [6, 6.07) is 1.90. The van der Waals surface area contributed by atoms with Crippen molar-refractivity contribution < 1.29 is 4.79 Å². The third-order valence-corrected chi connectivity index (χ3v) is 2.02. The predicted octanol–water partition coefficient (Wildman–Crippen LogP) is 1.95. The molecule has 0 spiro atoms. The lowest BCUT2D eigenvalue weighted by molar-refractivity contribution is -0.123. The number of likely N-dealkylation sites (N-methyl/N-ethyl adjacent to an activating group) is 1. The fourth-order valence-corrected chi connectivity index (χ4v) is 1.22. The molecule has 1 aromatic heterocycles. The third kappa shape index (κ3) is 3.30. The van der Waals surface area contributed by atoms with Gasteiger partial charge in [-0.3, -0.25) is 9.78 Å². The Balaban J connectivity index is 2.74. The summed E-state index contributed by atoms with van der Waals surface area (Å²) in [7, 11) is 3.43. The molecule has 0 aliphatic rings. The first-order valence-electron chi connectivity index (χ1n) is 4.09. The number of hydrogen-bond acceptors (Lipinski definition) is 2. The van der Waals surface area contributed by atoms with Gasteiger partial charge in [0.1, 0.15) is 0 Å². The molecule has 0 aromatic carbocycles. The fourth-order valence-electron chi connectivity index (χ4n) is 0.836. The van der Waals surface area contributed by atoms with Gasteiger partial charge in [-0.2, -0.15) is 0 Å². The van der Waals surface area contributed by atoms with Gasteiger partial charge < -0.3 is 4.90 Å². The van der Waals surface area contributed by atoms with E-state index in [4.69, 9.17) is 0 Å². The van der Waals surface area contributed by atoms with E-state index in [2.05, 4.69) is 20.9 Å². The lowest BCUT2D eigenvalue weighted by atomic mass is 10.2. The summed E-state index contributed by atoms with van der Waals surface area (Å²) in [5.74, 6) is -0.0371. The molecule has 1 heterocycles. The number of aromatic nitrogens is 1. The van der Waals surface area contributed by atoms with Gasteiger partial charge >= 0.3 is 0 Å². The zero-order chi connectivity index (χ0) is 10.6. The Kier molecular flexibility index (Phi) is 3.83. The minimum Gasteiger partial charge on any atom is -0.345 e. The first-order chi connectivity index (χ1) is 6.59. The highest BCUT2D eigenvalue weighted by atomic mass is 79.9. The van der Waals surface area contributed by atoms with Crippen LogP contribution in [0.4, 0.5) is 0 Å². The predicted molar refractivity (Wildman–Crippen MR) is 59.7 cm³/mol. The maximum atomic E-state index is 11.2. The van der Waals surface area contributed by atoms with Crippen molar-refractivity contribution in [2.24, 2.45) is 0 Å². The molecule has 0 aliphatic heterocycles. The average Bonchev–Trinajstić information content (AvgIpc) is 2.14. The maximum Gasteiger partial charge on any atom is 0.246 e. The topological polar surface area (TPSA) is 33.2 Å². The van der Waals surface area contributed by atoms with Crippen LogP contribution >= 0.6 is 15.9 Å². The van der Waals surface area contributed by atoms with E-state index in [9.17, 15) is 4.79 Å². The number of carbonyl (C=O) groups is 1. The van der Waals surface area contributed by atoms with E-state index in [0.717, 1.165) is 10.0 Å². The molecular weight excluding hydrogens is 244 g/mol. The summed E-state index contributed by atoms with van der Waals surface area (Å²) in [6.07, 6.45) is 6.65. The number of hydrogen-bond donors (Lipinski definition) is 0. The van der Waals surface area contributed by atoms with Crippen LogP contribution in [0.1, 0.15) is 5.56 Å². The zero-order valence-corrected chi connectivity index (χ0v) is 9.65. The van der Waals surface area contributed by atoms with E-state index < -0.39 is 0 Å². The Morgan fingerprint density at radius 2 is 2.21 bits per heavy atom. The standard InChI is InChI=1S/C10H11BrN2O/c1-13(2)10(14)4-3-8-5-9(11)7-12-6-8/h3-7H,1-2H3/b4-3+. The van der Waals surface area contributed by atoms with Crippen LogP contribution in [-0.2, 0) is 4.79 Å². The van der Waals surface area contributed by atoms with Crippen LogP contribution in [0.2, 0.25) is 0 Å². The van der Waals surface area contributed by atoms with Gasteiger partial charge in [-0.05, 0) is 33.6 Å². The largest absolute Gasteiger partial charge is 0.345 e. The first kappa shape index (κ1) is 10.9. The van der Waals surface area contributed by atoms with E-state index in [-0.39, 0.29) is 5.91 Å². The third-order valence-electron chi connectivity index (χ3n) is 1.59. The van der Waals surface area contributed by atoms with Gasteiger partial charge in [0.05, 0.1) is 0 Å². The Morgan fingerprint density at radius 1 is 1.50 bits per heavy atom. The van der Waals surface area contributed by atoms with Crippen LogP contribution in [-0.4, -0.2) is 29.9 Å². The Hall–Kier alpha value is -1.16. The number of rotatable bonds is 2. The van der Waals surface area contributed by atoms with Gasteiger partial charge in [0.15, 0.2) is 0 Å². The molecule has 0 atom stereocenters. The molecule has 1 amide bonds. The van der Waals surface area contributed by atoms with Crippen LogP contribution < -0.4 is 0 Å². The van der Waals surface area contributed by atoms with E-state index in [1.807, 2.05) is 6.07 Å². The Labute approximate surface area is 91.6 Å². The molecule has 0 radical (unpaired) electrons. The van der Waals surface area contributed by atoms with Crippen molar-refractivity contribution in [2.75, 3.05) is 14.1 Å². The molecule has 0 saturated heterocycles. The molecule has 0 bridgehead atoms. The summed E-state index contributed by atoms with van der Waals surface area (Å²) >= 11 is 3.31. The molecule has 3 nitrogen and oxygen atoms in total. The number of amides is 1. The molecule has 74 valence electrons. The summed E-state index contributed by atoms with van der Waals surface area (Å²) < 4.78 is 0.900. The summed E-state index contributed by atoms with van der Waals surface area (Å²) in [5.41, 5.74) is 0.898. The van der Waals surface area contributed by atoms with Gasteiger partial charge in [-0.15, -0.1) is 0 Å². The minimum atomic E-state index is -0.0371. The Bertz CT molecular complexity index is 361. The van der Waals surface area contributed by atoms with Crippen molar-refractivity contribution in [1.29, 1.82) is 0 Å². The number of nitrogens with zero attached hydrogens (tertiary/aromatic N) is 2. The van der Waals surface area contributed by atoms with Crippen LogP contribution in [0.25, 0.3) is 6.08 Å². The van der Waals surface area contributed by atoms with E-state index in [0.29, 0.717) is 0 Å². The minimum absolute atomic E-state index is 0.0371. The van der Waals surface area contributed by atoms with Crippen LogP contribution in [0.15, 0.2) is 29.0 Å². The van der Waals surface area contributed by atoms with Gasteiger partial charge in [0.2, 0.25) is 5.91 Å². The van der Waals surface area contributed by atoms with Gasteiger partial charge in [-0.25, -0.2) is 0 Å². The van der Waals surface area contributed by atoms with Crippen molar-refractivity contribution in [3.63, 3.8) is 0 Å². The van der Waals surface area contributed by atoms with Crippen molar-refractivity contribution in [3.8, 4) is 0 Å². The average molecular weight is 255 g/mol. The summed E-state index contributed by atoms with van der Waals surface area (Å²) in [5, 5.41) is 0. The molecular formula is C10H11BrN2O. The monoisotopic (exact) mass is 254 g/mol. The smallest absolute Gasteiger partial charge is 0.246 e. The molecule has 14 heavy (non-hydrogen) atoms. The highest BCUT2D eigenvalue weighted by Crippen LogP contribution is 2.10. The van der Waals surface area contributed by atoms with Crippen molar-refractivity contribution >= 4 is 27.9 Å². The fraction of sp³-hybridized carbons (Fsp3) is 0.200. The molecule has 0 unspecified atom stereocenters. The number of halogens is 1. The molecule has 4 heteroatoms. The first-order valence-corrected chi connectivity index (χ1v) is 4.89. The lowest BCUT2D eigenvalue weighted by Crippen LogP contribution is -2.18. The SMILES string of the molecule is CN(C)C(=O)/C=C/c1cncc(Br)c1. The highest BCUT2D eigenvalue weighted by Gasteiger charge is 1.96. The second kappa shape index (κ2) is 4.91. The van der Waals surface area contributed by atoms with Crippen molar-refractivity contribution in [1.82, 2.24) is 9.88 Å². The Morgan fingerprint density at radius 3 is 2.79 bits per heavy atom. The second-order valence-electron chi connectivity index (χ2n) is 3.00. The molecule has 0 fully saturated rings.